The number of aryl methyl sites for hydroxylation is 1. The Hall–Kier alpha value is -0.820. The van der Waals surface area contributed by atoms with Gasteiger partial charge >= 0.3 is 0 Å². The highest BCUT2D eigenvalue weighted by atomic mass is 16.3. The first-order valence-electron chi connectivity index (χ1n) is 6.97. The van der Waals surface area contributed by atoms with Crippen molar-refractivity contribution in [2.24, 2.45) is 5.92 Å². The first kappa shape index (κ1) is 12.6. The van der Waals surface area contributed by atoms with Gasteiger partial charge in [0.2, 0.25) is 0 Å². The summed E-state index contributed by atoms with van der Waals surface area (Å²) < 4.78 is 0. The molecule has 1 aliphatic rings. The molecule has 1 nitrogen and oxygen atoms in total. The Morgan fingerprint density at radius 1 is 1.29 bits per heavy atom. The predicted octanol–water partition coefficient (Wildman–Crippen LogP) is 3.87. The largest absolute Gasteiger partial charge is 0.393 e. The van der Waals surface area contributed by atoms with E-state index in [9.17, 15) is 5.11 Å². The molecule has 1 aliphatic carbocycles. The minimum Gasteiger partial charge on any atom is -0.393 e. The molecule has 1 saturated carbocycles. The lowest BCUT2D eigenvalue weighted by Gasteiger charge is -2.14. The highest BCUT2D eigenvalue weighted by Crippen LogP contribution is 2.29. The monoisotopic (exact) mass is 232 g/mol. The van der Waals surface area contributed by atoms with E-state index in [0.29, 0.717) is 0 Å². The zero-order valence-electron chi connectivity index (χ0n) is 10.9. The van der Waals surface area contributed by atoms with Crippen LogP contribution in [0.4, 0.5) is 0 Å². The number of hydrogen-bond donors (Lipinski definition) is 1. The second-order valence-electron chi connectivity index (χ2n) is 5.57. The number of hydrogen-bond acceptors (Lipinski definition) is 1. The fraction of sp³-hybridized carbons (Fsp3) is 0.625. The van der Waals surface area contributed by atoms with Gasteiger partial charge in [-0.2, -0.15) is 0 Å². The van der Waals surface area contributed by atoms with Gasteiger partial charge < -0.3 is 5.11 Å². The first-order chi connectivity index (χ1) is 8.24. The van der Waals surface area contributed by atoms with Crippen LogP contribution in [-0.4, -0.2) is 11.2 Å². The molecule has 94 valence electrons. The Morgan fingerprint density at radius 3 is 2.76 bits per heavy atom. The van der Waals surface area contributed by atoms with Crippen LogP contribution in [0.2, 0.25) is 0 Å². The van der Waals surface area contributed by atoms with Crippen LogP contribution in [0.1, 0.15) is 49.7 Å². The molecule has 0 bridgehead atoms. The van der Waals surface area contributed by atoms with E-state index in [1.54, 1.807) is 0 Å². The molecule has 0 spiro atoms. The lowest BCUT2D eigenvalue weighted by Crippen LogP contribution is -2.12. The minimum atomic E-state index is -0.155. The van der Waals surface area contributed by atoms with Crippen LogP contribution in [0.3, 0.4) is 0 Å². The smallest absolute Gasteiger partial charge is 0.0580 e. The second-order valence-corrected chi connectivity index (χ2v) is 5.57. The molecule has 1 N–H and O–H groups in total. The Balaban J connectivity index is 1.74. The maximum absolute atomic E-state index is 10.1. The van der Waals surface area contributed by atoms with E-state index < -0.39 is 0 Å². The van der Waals surface area contributed by atoms with Gasteiger partial charge in [0.1, 0.15) is 0 Å². The third-order valence-electron chi connectivity index (χ3n) is 3.94. The molecule has 1 fully saturated rings. The molecule has 0 saturated heterocycles. The maximum Gasteiger partial charge on any atom is 0.0580 e. The Kier molecular flexibility index (Phi) is 4.61. The minimum absolute atomic E-state index is 0.155. The summed E-state index contributed by atoms with van der Waals surface area (Å²) >= 11 is 0. The van der Waals surface area contributed by atoms with Crippen molar-refractivity contribution in [3.8, 4) is 0 Å². The summed E-state index contributed by atoms with van der Waals surface area (Å²) in [5, 5.41) is 10.1. The van der Waals surface area contributed by atoms with Gasteiger partial charge in [-0.15, -0.1) is 0 Å². The highest BCUT2D eigenvalue weighted by molar-refractivity contribution is 5.22. The van der Waals surface area contributed by atoms with Crippen LogP contribution in [0.25, 0.3) is 0 Å². The third-order valence-corrected chi connectivity index (χ3v) is 3.94. The zero-order chi connectivity index (χ0) is 12.1. The lowest BCUT2D eigenvalue weighted by atomic mass is 9.96. The normalized spacial score (nSPS) is 18.5. The zero-order valence-corrected chi connectivity index (χ0v) is 10.9. The molecule has 1 aromatic carbocycles. The molecule has 0 amide bonds. The quantitative estimate of drug-likeness (QED) is 0.817. The Bertz CT molecular complexity index is 339. The van der Waals surface area contributed by atoms with Crippen molar-refractivity contribution in [3.63, 3.8) is 0 Å². The SMILES string of the molecule is Cc1cccc(CC(O)CCC2CCCC2)c1. The Morgan fingerprint density at radius 2 is 2.06 bits per heavy atom. The van der Waals surface area contributed by atoms with Crippen LogP contribution in [0.15, 0.2) is 24.3 Å². The molecule has 0 aromatic heterocycles. The number of benzene rings is 1. The number of aliphatic hydroxyl groups excluding tert-OH is 1. The lowest BCUT2D eigenvalue weighted by molar-refractivity contribution is 0.155. The predicted molar refractivity (Wildman–Crippen MR) is 72.1 cm³/mol. The molecular formula is C16H24O. The van der Waals surface area contributed by atoms with Gasteiger partial charge in [0.15, 0.2) is 0 Å². The summed E-state index contributed by atoms with van der Waals surface area (Å²) in [5.41, 5.74) is 2.55. The average molecular weight is 232 g/mol. The van der Waals surface area contributed by atoms with E-state index >= 15 is 0 Å². The van der Waals surface area contributed by atoms with Gasteiger partial charge in [0, 0.05) is 0 Å². The molecule has 0 radical (unpaired) electrons. The van der Waals surface area contributed by atoms with Crippen molar-refractivity contribution in [1.82, 2.24) is 0 Å². The second kappa shape index (κ2) is 6.20. The summed E-state index contributed by atoms with van der Waals surface area (Å²) in [6.07, 6.45) is 8.42. The summed E-state index contributed by atoms with van der Waals surface area (Å²) in [5.74, 6) is 0.891. The molecule has 1 unspecified atom stereocenters. The van der Waals surface area contributed by atoms with Gasteiger partial charge in [-0.05, 0) is 37.7 Å². The molecule has 1 heteroatoms. The van der Waals surface area contributed by atoms with Gasteiger partial charge in [-0.25, -0.2) is 0 Å². The summed E-state index contributed by atoms with van der Waals surface area (Å²) in [4.78, 5) is 0. The fourth-order valence-corrected chi connectivity index (χ4v) is 2.94. The van der Waals surface area contributed by atoms with E-state index in [-0.39, 0.29) is 6.10 Å². The van der Waals surface area contributed by atoms with Gasteiger partial charge in [0.05, 0.1) is 6.10 Å². The van der Waals surface area contributed by atoms with Gasteiger partial charge in [-0.3, -0.25) is 0 Å². The van der Waals surface area contributed by atoms with Crippen LogP contribution >= 0.6 is 0 Å². The van der Waals surface area contributed by atoms with Crippen LogP contribution in [0, 0.1) is 12.8 Å². The molecule has 2 rings (SSSR count). The summed E-state index contributed by atoms with van der Waals surface area (Å²) in [7, 11) is 0. The van der Waals surface area contributed by atoms with Crippen LogP contribution in [-0.2, 0) is 6.42 Å². The fourth-order valence-electron chi connectivity index (χ4n) is 2.94. The van der Waals surface area contributed by atoms with E-state index in [2.05, 4.69) is 31.2 Å². The summed E-state index contributed by atoms with van der Waals surface area (Å²) in [6.45, 7) is 2.11. The average Bonchev–Trinajstić information content (AvgIpc) is 2.79. The van der Waals surface area contributed by atoms with Crippen molar-refractivity contribution >= 4 is 0 Å². The van der Waals surface area contributed by atoms with Crippen molar-refractivity contribution in [2.75, 3.05) is 0 Å². The van der Waals surface area contributed by atoms with Gasteiger partial charge in [-0.1, -0.05) is 55.5 Å². The van der Waals surface area contributed by atoms with Crippen molar-refractivity contribution in [3.05, 3.63) is 35.4 Å². The van der Waals surface area contributed by atoms with E-state index in [4.69, 9.17) is 0 Å². The standard InChI is InChI=1S/C16H24O/c1-13-5-4-8-15(11-13)12-16(17)10-9-14-6-2-3-7-14/h4-5,8,11,14,16-17H,2-3,6-7,9-10,12H2,1H3. The first-order valence-corrected chi connectivity index (χ1v) is 6.97. The molecule has 0 heterocycles. The maximum atomic E-state index is 10.1. The Labute approximate surface area is 105 Å². The number of rotatable bonds is 5. The van der Waals surface area contributed by atoms with Crippen LogP contribution < -0.4 is 0 Å². The van der Waals surface area contributed by atoms with Crippen molar-refractivity contribution in [2.45, 2.75) is 58.0 Å². The summed E-state index contributed by atoms with van der Waals surface area (Å²) in [6, 6.07) is 8.48. The molecule has 17 heavy (non-hydrogen) atoms. The molecule has 0 aliphatic heterocycles. The van der Waals surface area contributed by atoms with E-state index in [1.165, 1.54) is 43.2 Å². The van der Waals surface area contributed by atoms with Crippen molar-refractivity contribution < 1.29 is 5.11 Å². The molecule has 1 aromatic rings. The number of aliphatic hydroxyl groups is 1. The molecule has 1 atom stereocenters. The van der Waals surface area contributed by atoms with E-state index in [1.807, 2.05) is 0 Å². The topological polar surface area (TPSA) is 20.2 Å². The van der Waals surface area contributed by atoms with Crippen molar-refractivity contribution in [1.29, 1.82) is 0 Å². The van der Waals surface area contributed by atoms with E-state index in [0.717, 1.165) is 18.8 Å². The van der Waals surface area contributed by atoms with Gasteiger partial charge in [0.25, 0.3) is 0 Å². The van der Waals surface area contributed by atoms with Crippen LogP contribution in [0.5, 0.6) is 0 Å². The highest BCUT2D eigenvalue weighted by Gasteiger charge is 2.16. The molecular weight excluding hydrogens is 208 g/mol. The third kappa shape index (κ3) is 4.16.